The van der Waals surface area contributed by atoms with Crippen molar-refractivity contribution in [2.45, 2.75) is 18.4 Å². The summed E-state index contributed by atoms with van der Waals surface area (Å²) in [6.45, 7) is 1.60. The number of benzene rings is 1. The molecular formula is C15H16F2N2O4S. The highest BCUT2D eigenvalue weighted by atomic mass is 32.2. The molecule has 1 N–H and O–H groups in total. The van der Waals surface area contributed by atoms with Gasteiger partial charge in [0.25, 0.3) is 5.56 Å². The van der Waals surface area contributed by atoms with E-state index in [1.54, 1.807) is 13.0 Å². The van der Waals surface area contributed by atoms with Gasteiger partial charge < -0.3 is 9.30 Å². The number of methoxy groups -OCH3 is 1. The molecule has 0 saturated carbocycles. The molecule has 1 aromatic heterocycles. The molecule has 0 spiro atoms. The average molecular weight is 358 g/mol. The van der Waals surface area contributed by atoms with Gasteiger partial charge in [-0.2, -0.15) is 0 Å². The molecule has 0 atom stereocenters. The van der Waals surface area contributed by atoms with Crippen molar-refractivity contribution in [2.24, 2.45) is 0 Å². The lowest BCUT2D eigenvalue weighted by Gasteiger charge is -2.12. The SMILES string of the molecule is COc1cc(C)n(CCNS(=O)(=O)c2ccc(F)cc2F)c(=O)c1. The molecule has 130 valence electrons. The van der Waals surface area contributed by atoms with E-state index in [0.29, 0.717) is 17.5 Å². The first kappa shape index (κ1) is 18.1. The summed E-state index contributed by atoms with van der Waals surface area (Å²) in [6.07, 6.45) is 0. The van der Waals surface area contributed by atoms with Gasteiger partial charge in [0.15, 0.2) is 0 Å². The summed E-state index contributed by atoms with van der Waals surface area (Å²) < 4.78 is 59.0. The number of aromatic nitrogens is 1. The van der Waals surface area contributed by atoms with Crippen LogP contribution in [-0.4, -0.2) is 26.6 Å². The second-order valence-corrected chi connectivity index (χ2v) is 6.73. The van der Waals surface area contributed by atoms with Gasteiger partial charge in [0, 0.05) is 30.9 Å². The van der Waals surface area contributed by atoms with Crippen LogP contribution in [0.25, 0.3) is 0 Å². The van der Waals surface area contributed by atoms with Gasteiger partial charge >= 0.3 is 0 Å². The number of ether oxygens (including phenoxy) is 1. The van der Waals surface area contributed by atoms with Crippen LogP contribution in [0.1, 0.15) is 5.69 Å². The molecule has 1 heterocycles. The van der Waals surface area contributed by atoms with Crippen LogP contribution in [0.4, 0.5) is 8.78 Å². The van der Waals surface area contributed by atoms with Crippen molar-refractivity contribution in [1.29, 1.82) is 0 Å². The Balaban J connectivity index is 2.13. The fraction of sp³-hybridized carbons (Fsp3) is 0.267. The number of nitrogens with one attached hydrogen (secondary N) is 1. The van der Waals surface area contributed by atoms with Crippen molar-refractivity contribution in [3.05, 3.63) is 58.0 Å². The van der Waals surface area contributed by atoms with Crippen LogP contribution in [0.3, 0.4) is 0 Å². The van der Waals surface area contributed by atoms with E-state index in [0.717, 1.165) is 12.1 Å². The number of hydrogen-bond donors (Lipinski definition) is 1. The van der Waals surface area contributed by atoms with Crippen molar-refractivity contribution < 1.29 is 21.9 Å². The summed E-state index contributed by atoms with van der Waals surface area (Å²) in [4.78, 5) is 11.3. The van der Waals surface area contributed by atoms with Gasteiger partial charge in [0.05, 0.1) is 7.11 Å². The molecule has 0 aliphatic heterocycles. The van der Waals surface area contributed by atoms with Gasteiger partial charge in [-0.25, -0.2) is 21.9 Å². The van der Waals surface area contributed by atoms with E-state index in [1.165, 1.54) is 17.7 Å². The Morgan fingerprint density at radius 1 is 1.21 bits per heavy atom. The van der Waals surface area contributed by atoms with Gasteiger partial charge in [-0.1, -0.05) is 0 Å². The Morgan fingerprint density at radius 2 is 1.92 bits per heavy atom. The average Bonchev–Trinajstić information content (AvgIpc) is 2.49. The molecule has 0 aliphatic carbocycles. The van der Waals surface area contributed by atoms with E-state index in [9.17, 15) is 22.0 Å². The molecular weight excluding hydrogens is 342 g/mol. The first-order valence-corrected chi connectivity index (χ1v) is 8.43. The van der Waals surface area contributed by atoms with E-state index in [1.807, 2.05) is 0 Å². The van der Waals surface area contributed by atoms with Crippen LogP contribution in [0, 0.1) is 18.6 Å². The zero-order valence-corrected chi connectivity index (χ0v) is 13.9. The molecule has 0 radical (unpaired) electrons. The first-order chi connectivity index (χ1) is 11.2. The van der Waals surface area contributed by atoms with Gasteiger partial charge in [0.2, 0.25) is 10.0 Å². The number of hydrogen-bond acceptors (Lipinski definition) is 4. The minimum atomic E-state index is -4.15. The van der Waals surface area contributed by atoms with Crippen molar-refractivity contribution in [3.8, 4) is 5.75 Å². The maximum atomic E-state index is 13.6. The normalized spacial score (nSPS) is 11.5. The van der Waals surface area contributed by atoms with Crippen LogP contribution in [0.5, 0.6) is 5.75 Å². The summed E-state index contributed by atoms with van der Waals surface area (Å²) in [5, 5.41) is 0. The molecule has 0 amide bonds. The Kier molecular flexibility index (Phi) is 5.35. The molecule has 6 nitrogen and oxygen atoms in total. The van der Waals surface area contributed by atoms with Gasteiger partial charge in [-0.3, -0.25) is 4.79 Å². The van der Waals surface area contributed by atoms with E-state index >= 15 is 0 Å². The summed E-state index contributed by atoms with van der Waals surface area (Å²) in [5.74, 6) is -1.64. The van der Waals surface area contributed by atoms with Crippen LogP contribution in [0.15, 0.2) is 40.0 Å². The van der Waals surface area contributed by atoms with Gasteiger partial charge in [-0.05, 0) is 25.1 Å². The van der Waals surface area contributed by atoms with Gasteiger partial charge in [0.1, 0.15) is 22.3 Å². The lowest BCUT2D eigenvalue weighted by atomic mass is 10.3. The number of rotatable bonds is 6. The quantitative estimate of drug-likeness (QED) is 0.847. The van der Waals surface area contributed by atoms with Crippen LogP contribution in [0.2, 0.25) is 0 Å². The highest BCUT2D eigenvalue weighted by Gasteiger charge is 2.19. The zero-order chi connectivity index (χ0) is 17.9. The van der Waals surface area contributed by atoms with Crippen molar-refractivity contribution >= 4 is 10.0 Å². The number of aryl methyl sites for hydroxylation is 1. The van der Waals surface area contributed by atoms with Crippen LogP contribution in [-0.2, 0) is 16.6 Å². The number of nitrogens with zero attached hydrogens (tertiary/aromatic N) is 1. The lowest BCUT2D eigenvalue weighted by molar-refractivity contribution is 0.411. The Labute approximate surface area is 137 Å². The van der Waals surface area contributed by atoms with E-state index in [2.05, 4.69) is 4.72 Å². The fourth-order valence-electron chi connectivity index (χ4n) is 2.17. The molecule has 0 aliphatic rings. The van der Waals surface area contributed by atoms with Crippen LogP contribution >= 0.6 is 0 Å². The molecule has 0 fully saturated rings. The molecule has 0 saturated heterocycles. The summed E-state index contributed by atoms with van der Waals surface area (Å²) in [5.41, 5.74) is 0.241. The van der Waals surface area contributed by atoms with Crippen molar-refractivity contribution in [3.63, 3.8) is 0 Å². The maximum absolute atomic E-state index is 13.6. The summed E-state index contributed by atoms with van der Waals surface area (Å²) in [6, 6.07) is 5.11. The lowest BCUT2D eigenvalue weighted by Crippen LogP contribution is -2.32. The smallest absolute Gasteiger partial charge is 0.254 e. The molecule has 1 aromatic carbocycles. The Bertz CT molecular complexity index is 910. The summed E-state index contributed by atoms with van der Waals surface area (Å²) in [7, 11) is -2.71. The number of sulfonamides is 1. The third-order valence-electron chi connectivity index (χ3n) is 3.36. The number of pyridine rings is 1. The van der Waals surface area contributed by atoms with E-state index in [-0.39, 0.29) is 18.6 Å². The predicted molar refractivity (Wildman–Crippen MR) is 83.5 cm³/mol. The molecule has 9 heteroatoms. The minimum Gasteiger partial charge on any atom is -0.496 e. The highest BCUT2D eigenvalue weighted by molar-refractivity contribution is 7.89. The Morgan fingerprint density at radius 3 is 2.50 bits per heavy atom. The van der Waals surface area contributed by atoms with Crippen molar-refractivity contribution in [2.75, 3.05) is 13.7 Å². The second kappa shape index (κ2) is 7.10. The van der Waals surface area contributed by atoms with E-state index < -0.39 is 26.6 Å². The zero-order valence-electron chi connectivity index (χ0n) is 13.0. The highest BCUT2D eigenvalue weighted by Crippen LogP contribution is 2.15. The third-order valence-corrected chi connectivity index (χ3v) is 4.85. The first-order valence-electron chi connectivity index (χ1n) is 6.95. The molecule has 0 unspecified atom stereocenters. The monoisotopic (exact) mass is 358 g/mol. The molecule has 0 bridgehead atoms. The van der Waals surface area contributed by atoms with Crippen molar-refractivity contribution in [1.82, 2.24) is 9.29 Å². The third kappa shape index (κ3) is 3.98. The Hall–Kier alpha value is -2.26. The van der Waals surface area contributed by atoms with Gasteiger partial charge in [-0.15, -0.1) is 0 Å². The number of halogens is 2. The second-order valence-electron chi connectivity index (χ2n) is 5.00. The summed E-state index contributed by atoms with van der Waals surface area (Å²) >= 11 is 0. The topological polar surface area (TPSA) is 77.4 Å². The standard InChI is InChI=1S/C15H16F2N2O4S/c1-10-7-12(23-2)9-15(20)19(10)6-5-18-24(21,22)14-4-3-11(16)8-13(14)17/h3-4,7-9,18H,5-6H2,1-2H3. The maximum Gasteiger partial charge on any atom is 0.254 e. The molecule has 2 rings (SSSR count). The molecule has 2 aromatic rings. The van der Waals surface area contributed by atoms with Crippen LogP contribution < -0.4 is 15.0 Å². The fourth-order valence-corrected chi connectivity index (χ4v) is 3.24. The minimum absolute atomic E-state index is 0.0523. The van der Waals surface area contributed by atoms with E-state index in [4.69, 9.17) is 4.74 Å². The predicted octanol–water partition coefficient (Wildman–Crippen LogP) is 1.42. The molecule has 24 heavy (non-hydrogen) atoms. The largest absolute Gasteiger partial charge is 0.496 e.